The van der Waals surface area contributed by atoms with Crippen LogP contribution in [0.15, 0.2) is 29.6 Å². The number of hydrogen-bond donors (Lipinski definition) is 2. The molecule has 3 N–H and O–H groups in total. The number of rotatable bonds is 5. The van der Waals surface area contributed by atoms with Crippen LogP contribution in [0.5, 0.6) is 0 Å². The highest BCUT2D eigenvalue weighted by molar-refractivity contribution is 7.09. The van der Waals surface area contributed by atoms with Crippen LogP contribution in [0.3, 0.4) is 0 Å². The van der Waals surface area contributed by atoms with Crippen molar-refractivity contribution in [1.29, 1.82) is 0 Å². The van der Waals surface area contributed by atoms with Gasteiger partial charge in [0.1, 0.15) is 10.7 Å². The molecule has 0 bridgehead atoms. The summed E-state index contributed by atoms with van der Waals surface area (Å²) in [4.78, 5) is 18.9. The molecule has 0 aliphatic carbocycles. The highest BCUT2D eigenvalue weighted by Crippen LogP contribution is 2.17. The van der Waals surface area contributed by atoms with E-state index in [0.717, 1.165) is 37.5 Å². The van der Waals surface area contributed by atoms with E-state index >= 15 is 0 Å². The number of carbonyl (C=O) groups is 1. The van der Waals surface area contributed by atoms with Crippen molar-refractivity contribution >= 4 is 42.1 Å². The molecule has 26 heavy (non-hydrogen) atoms. The van der Waals surface area contributed by atoms with E-state index in [0.29, 0.717) is 12.2 Å². The molecule has 1 amide bonds. The van der Waals surface area contributed by atoms with E-state index in [1.807, 2.05) is 0 Å². The maximum Gasteiger partial charge on any atom is 0.270 e. The first-order valence-electron chi connectivity index (χ1n) is 8.38. The average molecular weight is 417 g/mol. The first kappa shape index (κ1) is 22.9. The lowest BCUT2D eigenvalue weighted by atomic mass is 10.0. The predicted molar refractivity (Wildman–Crippen MR) is 111 cm³/mol. The summed E-state index contributed by atoms with van der Waals surface area (Å²) in [5, 5.41) is 5.69. The van der Waals surface area contributed by atoms with E-state index in [2.05, 4.69) is 46.4 Å². The largest absolute Gasteiger partial charge is 0.348 e. The number of benzene rings is 1. The van der Waals surface area contributed by atoms with E-state index in [-0.39, 0.29) is 36.8 Å². The summed E-state index contributed by atoms with van der Waals surface area (Å²) in [7, 11) is 0. The molecule has 2 aromatic rings. The third-order valence-electron chi connectivity index (χ3n) is 4.54. The zero-order chi connectivity index (χ0) is 16.9. The lowest BCUT2D eigenvalue weighted by Crippen LogP contribution is -2.44. The average Bonchev–Trinajstić information content (AvgIpc) is 3.08. The summed E-state index contributed by atoms with van der Waals surface area (Å²) < 4.78 is 0. The smallest absolute Gasteiger partial charge is 0.270 e. The molecule has 1 aliphatic rings. The molecular formula is C18H26Cl2N4OS. The third kappa shape index (κ3) is 5.93. The van der Waals surface area contributed by atoms with Crippen molar-refractivity contribution in [3.63, 3.8) is 0 Å². The molecule has 144 valence electrons. The SMILES string of the molecule is Cc1ccccc1CN1CCC(NC(=O)c2csc(CN)n2)CC1.Cl.Cl. The second-order valence-electron chi connectivity index (χ2n) is 6.28. The molecule has 3 rings (SSSR count). The van der Waals surface area contributed by atoms with Gasteiger partial charge in [-0.25, -0.2) is 4.98 Å². The van der Waals surface area contributed by atoms with E-state index in [1.165, 1.54) is 22.5 Å². The van der Waals surface area contributed by atoms with Crippen molar-refractivity contribution in [2.75, 3.05) is 13.1 Å². The molecule has 1 fully saturated rings. The zero-order valence-electron chi connectivity index (χ0n) is 14.8. The van der Waals surface area contributed by atoms with Crippen molar-refractivity contribution < 1.29 is 4.79 Å². The maximum absolute atomic E-state index is 12.2. The fourth-order valence-corrected chi connectivity index (χ4v) is 3.69. The number of piperidine rings is 1. The van der Waals surface area contributed by atoms with Gasteiger partial charge in [0.2, 0.25) is 0 Å². The van der Waals surface area contributed by atoms with Crippen LogP contribution in [0.4, 0.5) is 0 Å². The minimum atomic E-state index is -0.0803. The van der Waals surface area contributed by atoms with Gasteiger partial charge in [-0.2, -0.15) is 0 Å². The first-order valence-corrected chi connectivity index (χ1v) is 9.26. The van der Waals surface area contributed by atoms with Crippen molar-refractivity contribution in [3.05, 3.63) is 51.5 Å². The van der Waals surface area contributed by atoms with Crippen LogP contribution in [-0.4, -0.2) is 34.9 Å². The highest BCUT2D eigenvalue weighted by atomic mass is 35.5. The first-order chi connectivity index (χ1) is 11.7. The minimum absolute atomic E-state index is 0. The van der Waals surface area contributed by atoms with Crippen molar-refractivity contribution in [2.45, 2.75) is 38.9 Å². The number of halogens is 2. The number of aromatic nitrogens is 1. The maximum atomic E-state index is 12.2. The zero-order valence-corrected chi connectivity index (χ0v) is 17.3. The number of amides is 1. The molecule has 0 radical (unpaired) electrons. The van der Waals surface area contributed by atoms with Gasteiger partial charge in [0.25, 0.3) is 5.91 Å². The van der Waals surface area contributed by atoms with Crippen LogP contribution in [0.25, 0.3) is 0 Å². The minimum Gasteiger partial charge on any atom is -0.348 e. The molecule has 0 atom stereocenters. The molecule has 2 heterocycles. The highest BCUT2D eigenvalue weighted by Gasteiger charge is 2.22. The van der Waals surface area contributed by atoms with E-state index in [1.54, 1.807) is 5.38 Å². The molecule has 1 aromatic heterocycles. The Balaban J connectivity index is 0.00000169. The Morgan fingerprint density at radius 1 is 1.31 bits per heavy atom. The van der Waals surface area contributed by atoms with Gasteiger partial charge >= 0.3 is 0 Å². The van der Waals surface area contributed by atoms with Gasteiger partial charge in [0, 0.05) is 37.6 Å². The second-order valence-corrected chi connectivity index (χ2v) is 7.22. The summed E-state index contributed by atoms with van der Waals surface area (Å²) in [6.07, 6.45) is 1.96. The summed E-state index contributed by atoms with van der Waals surface area (Å²) in [5.41, 5.74) is 8.76. The standard InChI is InChI=1S/C18H24N4OS.2ClH/c1-13-4-2-3-5-14(13)11-22-8-6-15(7-9-22)20-18(23)16-12-24-17(10-19)21-16;;/h2-5,12,15H,6-11,19H2,1H3,(H,20,23);2*1H. The predicted octanol–water partition coefficient (Wildman–Crippen LogP) is 3.15. The van der Waals surface area contributed by atoms with Crippen LogP contribution in [-0.2, 0) is 13.1 Å². The molecule has 8 heteroatoms. The number of carbonyl (C=O) groups excluding carboxylic acids is 1. The Hall–Kier alpha value is -1.18. The lowest BCUT2D eigenvalue weighted by molar-refractivity contribution is 0.0904. The number of thiazole rings is 1. The number of nitrogens with zero attached hydrogens (tertiary/aromatic N) is 2. The Labute approximate surface area is 171 Å². The number of aryl methyl sites for hydroxylation is 1. The van der Waals surface area contributed by atoms with E-state index in [4.69, 9.17) is 5.73 Å². The third-order valence-corrected chi connectivity index (χ3v) is 5.41. The molecule has 0 spiro atoms. The summed E-state index contributed by atoms with van der Waals surface area (Å²) in [6.45, 7) is 5.54. The van der Waals surface area contributed by atoms with Gasteiger partial charge in [0.15, 0.2) is 0 Å². The fourth-order valence-electron chi connectivity index (χ4n) is 3.03. The topological polar surface area (TPSA) is 71.2 Å². The Morgan fingerprint density at radius 3 is 2.62 bits per heavy atom. The van der Waals surface area contributed by atoms with Gasteiger partial charge in [-0.05, 0) is 30.9 Å². The molecule has 1 saturated heterocycles. The monoisotopic (exact) mass is 416 g/mol. The summed E-state index contributed by atoms with van der Waals surface area (Å²) in [5.74, 6) is -0.0803. The molecule has 5 nitrogen and oxygen atoms in total. The number of nitrogens with two attached hydrogens (primary N) is 1. The number of hydrogen-bond acceptors (Lipinski definition) is 5. The van der Waals surface area contributed by atoms with Crippen LogP contribution in [0, 0.1) is 6.92 Å². The fraction of sp³-hybridized carbons (Fsp3) is 0.444. The summed E-state index contributed by atoms with van der Waals surface area (Å²) in [6, 6.07) is 8.76. The van der Waals surface area contributed by atoms with Crippen LogP contribution >= 0.6 is 36.2 Å². The molecule has 0 unspecified atom stereocenters. The van der Waals surface area contributed by atoms with Crippen LogP contribution < -0.4 is 11.1 Å². The second kappa shape index (κ2) is 10.8. The van der Waals surface area contributed by atoms with E-state index < -0.39 is 0 Å². The van der Waals surface area contributed by atoms with E-state index in [9.17, 15) is 4.79 Å². The van der Waals surface area contributed by atoms with Gasteiger partial charge in [-0.1, -0.05) is 24.3 Å². The van der Waals surface area contributed by atoms with Crippen LogP contribution in [0.1, 0.15) is 39.5 Å². The molecule has 0 saturated carbocycles. The van der Waals surface area contributed by atoms with Gasteiger partial charge < -0.3 is 11.1 Å². The lowest BCUT2D eigenvalue weighted by Gasteiger charge is -2.32. The quantitative estimate of drug-likeness (QED) is 0.784. The van der Waals surface area contributed by atoms with Crippen molar-refractivity contribution in [3.8, 4) is 0 Å². The van der Waals surface area contributed by atoms with Crippen molar-refractivity contribution in [1.82, 2.24) is 15.2 Å². The molecule has 1 aliphatic heterocycles. The Kier molecular flexibility index (Phi) is 9.54. The molecular weight excluding hydrogens is 391 g/mol. The number of likely N-dealkylation sites (tertiary alicyclic amines) is 1. The van der Waals surface area contributed by atoms with Gasteiger partial charge in [0.05, 0.1) is 0 Å². The van der Waals surface area contributed by atoms with Crippen molar-refractivity contribution in [2.24, 2.45) is 5.73 Å². The summed E-state index contributed by atoms with van der Waals surface area (Å²) >= 11 is 1.44. The Morgan fingerprint density at radius 2 is 2.00 bits per heavy atom. The normalized spacial score (nSPS) is 15.0. The van der Waals surface area contributed by atoms with Gasteiger partial charge in [-0.3, -0.25) is 9.69 Å². The van der Waals surface area contributed by atoms with Gasteiger partial charge in [-0.15, -0.1) is 36.2 Å². The Bertz CT molecular complexity index is 702. The number of nitrogens with one attached hydrogen (secondary N) is 1. The van der Waals surface area contributed by atoms with Crippen LogP contribution in [0.2, 0.25) is 0 Å². The molecule has 1 aromatic carbocycles.